The van der Waals surface area contributed by atoms with Crippen molar-refractivity contribution in [1.82, 2.24) is 4.90 Å². The van der Waals surface area contributed by atoms with E-state index in [9.17, 15) is 0 Å². The first-order valence-electron chi connectivity index (χ1n) is 4.57. The molecule has 0 aromatic carbocycles. The number of hydrogen-bond acceptors (Lipinski definition) is 1. The van der Waals surface area contributed by atoms with Gasteiger partial charge in [-0.05, 0) is 13.5 Å². The van der Waals surface area contributed by atoms with Gasteiger partial charge in [-0.25, -0.2) is 0 Å². The lowest BCUT2D eigenvalue weighted by atomic mass is 10.1. The van der Waals surface area contributed by atoms with E-state index in [0.717, 1.165) is 6.04 Å². The fourth-order valence-corrected chi connectivity index (χ4v) is 2.13. The van der Waals surface area contributed by atoms with Crippen molar-refractivity contribution in [1.29, 1.82) is 0 Å². The molecule has 0 aromatic heterocycles. The molecule has 0 aromatic rings. The Morgan fingerprint density at radius 1 is 1.45 bits per heavy atom. The molecule has 1 saturated heterocycles. The molecule has 0 amide bonds. The second-order valence-electron chi connectivity index (χ2n) is 4.46. The normalized spacial score (nSPS) is 31.1. The number of nitrogens with zero attached hydrogens (tertiary/aromatic N) is 2. The van der Waals surface area contributed by atoms with Crippen LogP contribution in [0.4, 0.5) is 0 Å². The van der Waals surface area contributed by atoms with Crippen LogP contribution < -0.4 is 0 Å². The average Bonchev–Trinajstić information content (AvgIpc) is 2.07. The third kappa shape index (κ3) is 2.17. The van der Waals surface area contributed by atoms with Gasteiger partial charge in [0.05, 0.1) is 26.7 Å². The van der Waals surface area contributed by atoms with Crippen LogP contribution in [0.5, 0.6) is 0 Å². The molecule has 1 unspecified atom stereocenters. The van der Waals surface area contributed by atoms with E-state index in [0.29, 0.717) is 0 Å². The van der Waals surface area contributed by atoms with Crippen LogP contribution in [0.15, 0.2) is 0 Å². The Balaban J connectivity index is 2.45. The molecule has 2 nitrogen and oxygen atoms in total. The van der Waals surface area contributed by atoms with E-state index in [-0.39, 0.29) is 0 Å². The molecule has 1 fully saturated rings. The summed E-state index contributed by atoms with van der Waals surface area (Å²) in [6.07, 6.45) is 2.67. The number of rotatable bonds is 2. The first-order valence-corrected chi connectivity index (χ1v) is 4.57. The molecule has 0 spiro atoms. The van der Waals surface area contributed by atoms with Gasteiger partial charge in [0, 0.05) is 0 Å². The molecule has 1 heterocycles. The molecular weight excluding hydrogens is 136 g/mol. The largest absolute Gasteiger partial charge is 0.315 e. The van der Waals surface area contributed by atoms with E-state index in [4.69, 9.17) is 0 Å². The summed E-state index contributed by atoms with van der Waals surface area (Å²) in [5.41, 5.74) is 0. The van der Waals surface area contributed by atoms with Crippen molar-refractivity contribution in [2.24, 2.45) is 0 Å². The molecular formula is C9H21N2+. The highest BCUT2D eigenvalue weighted by molar-refractivity contribution is 4.70. The highest BCUT2D eigenvalue weighted by Gasteiger charge is 2.34. The smallest absolute Gasteiger partial charge is 0.134 e. The molecule has 1 aliphatic rings. The van der Waals surface area contributed by atoms with Crippen molar-refractivity contribution in [3.05, 3.63) is 0 Å². The summed E-state index contributed by atoms with van der Waals surface area (Å²) in [6.45, 7) is 4.81. The molecule has 1 aliphatic heterocycles. The summed E-state index contributed by atoms with van der Waals surface area (Å²) in [6, 6.07) is 0.829. The predicted octanol–water partition coefficient (Wildman–Crippen LogP) is 1.13. The molecule has 2 heteroatoms. The van der Waals surface area contributed by atoms with E-state index in [1.54, 1.807) is 0 Å². The molecule has 1 rings (SSSR count). The standard InChI is InChI=1S/C9H21N2/c1-5-6-9-7-11(3,4)8-10(9)2/h9H,5-8H2,1-4H3/q+1. The van der Waals surface area contributed by atoms with Gasteiger partial charge in [0.1, 0.15) is 6.67 Å². The quantitative estimate of drug-likeness (QED) is 0.543. The SMILES string of the molecule is CCCC1C[N+](C)(C)CN1C. The average molecular weight is 157 g/mol. The zero-order valence-corrected chi connectivity index (χ0v) is 8.30. The summed E-state index contributed by atoms with van der Waals surface area (Å²) in [5.74, 6) is 0. The molecule has 0 N–H and O–H groups in total. The number of hydrogen-bond donors (Lipinski definition) is 0. The van der Waals surface area contributed by atoms with E-state index < -0.39 is 0 Å². The van der Waals surface area contributed by atoms with Crippen LogP contribution in [0, 0.1) is 0 Å². The van der Waals surface area contributed by atoms with Crippen molar-refractivity contribution in [2.45, 2.75) is 25.8 Å². The summed E-state index contributed by atoms with van der Waals surface area (Å²) >= 11 is 0. The minimum absolute atomic E-state index is 0.829. The van der Waals surface area contributed by atoms with Crippen LogP contribution in [0.1, 0.15) is 19.8 Å². The zero-order chi connectivity index (χ0) is 8.48. The van der Waals surface area contributed by atoms with Gasteiger partial charge < -0.3 is 4.48 Å². The van der Waals surface area contributed by atoms with Crippen molar-refractivity contribution in [3.63, 3.8) is 0 Å². The summed E-state index contributed by atoms with van der Waals surface area (Å²) in [4.78, 5) is 2.49. The van der Waals surface area contributed by atoms with Crippen LogP contribution in [0.25, 0.3) is 0 Å². The van der Waals surface area contributed by atoms with Crippen LogP contribution >= 0.6 is 0 Å². The number of quaternary nitrogens is 1. The lowest BCUT2D eigenvalue weighted by Gasteiger charge is -2.22. The van der Waals surface area contributed by atoms with Gasteiger partial charge in [-0.1, -0.05) is 13.3 Å². The van der Waals surface area contributed by atoms with Crippen molar-refractivity contribution >= 4 is 0 Å². The van der Waals surface area contributed by atoms with Gasteiger partial charge in [-0.2, -0.15) is 0 Å². The minimum atomic E-state index is 0.829. The Labute approximate surface area is 70.4 Å². The maximum absolute atomic E-state index is 2.49. The second-order valence-corrected chi connectivity index (χ2v) is 4.46. The number of likely N-dealkylation sites (N-methyl/N-ethyl adjacent to an activating group) is 2. The fraction of sp³-hybridized carbons (Fsp3) is 1.00. The Morgan fingerprint density at radius 2 is 2.09 bits per heavy atom. The van der Waals surface area contributed by atoms with E-state index in [1.165, 1.54) is 30.5 Å². The zero-order valence-electron chi connectivity index (χ0n) is 8.30. The Bertz CT molecular complexity index is 132. The third-order valence-corrected chi connectivity index (χ3v) is 2.56. The maximum atomic E-state index is 2.49. The van der Waals surface area contributed by atoms with Gasteiger partial charge >= 0.3 is 0 Å². The van der Waals surface area contributed by atoms with Gasteiger partial charge in [0.2, 0.25) is 0 Å². The highest BCUT2D eigenvalue weighted by atomic mass is 15.5. The van der Waals surface area contributed by atoms with E-state index in [2.05, 4.69) is 33.0 Å². The van der Waals surface area contributed by atoms with Gasteiger partial charge in [0.15, 0.2) is 0 Å². The summed E-state index contributed by atoms with van der Waals surface area (Å²) in [5, 5.41) is 0. The minimum Gasteiger partial charge on any atom is -0.315 e. The van der Waals surface area contributed by atoms with E-state index in [1.807, 2.05) is 0 Å². The lowest BCUT2D eigenvalue weighted by Crippen LogP contribution is -2.37. The van der Waals surface area contributed by atoms with Crippen molar-refractivity contribution < 1.29 is 4.48 Å². The summed E-state index contributed by atoms with van der Waals surface area (Å²) in [7, 11) is 6.87. The lowest BCUT2D eigenvalue weighted by molar-refractivity contribution is -0.882. The molecule has 0 saturated carbocycles. The Kier molecular flexibility index (Phi) is 2.55. The van der Waals surface area contributed by atoms with Crippen molar-refractivity contribution in [3.8, 4) is 0 Å². The van der Waals surface area contributed by atoms with Crippen molar-refractivity contribution in [2.75, 3.05) is 34.4 Å². The van der Waals surface area contributed by atoms with E-state index >= 15 is 0 Å². The van der Waals surface area contributed by atoms with Crippen LogP contribution in [0.2, 0.25) is 0 Å². The molecule has 11 heavy (non-hydrogen) atoms. The molecule has 1 atom stereocenters. The monoisotopic (exact) mass is 157 g/mol. The van der Waals surface area contributed by atoms with Crippen LogP contribution in [0.3, 0.4) is 0 Å². The maximum Gasteiger partial charge on any atom is 0.134 e. The van der Waals surface area contributed by atoms with Gasteiger partial charge in [-0.3, -0.25) is 4.90 Å². The topological polar surface area (TPSA) is 3.24 Å². The summed E-state index contributed by atoms with van der Waals surface area (Å²) < 4.78 is 1.17. The van der Waals surface area contributed by atoms with Gasteiger partial charge in [-0.15, -0.1) is 0 Å². The molecule has 0 bridgehead atoms. The predicted molar refractivity (Wildman–Crippen MR) is 48.3 cm³/mol. The molecule has 0 radical (unpaired) electrons. The molecule has 66 valence electrons. The molecule has 0 aliphatic carbocycles. The second kappa shape index (κ2) is 3.11. The third-order valence-electron chi connectivity index (χ3n) is 2.56. The first-order chi connectivity index (χ1) is 5.05. The van der Waals surface area contributed by atoms with Crippen LogP contribution in [-0.4, -0.2) is 49.8 Å². The Morgan fingerprint density at radius 3 is 2.45 bits per heavy atom. The van der Waals surface area contributed by atoms with Gasteiger partial charge in [0.25, 0.3) is 0 Å². The Hall–Kier alpha value is -0.0800. The first kappa shape index (κ1) is 9.01. The van der Waals surface area contributed by atoms with Crippen LogP contribution in [-0.2, 0) is 0 Å². The highest BCUT2D eigenvalue weighted by Crippen LogP contribution is 2.18. The fourth-order valence-electron chi connectivity index (χ4n) is 2.13.